The van der Waals surface area contributed by atoms with E-state index in [9.17, 15) is 4.39 Å². The summed E-state index contributed by atoms with van der Waals surface area (Å²) in [6.07, 6.45) is 0.765. The molecule has 0 fully saturated rings. The number of aromatic nitrogens is 3. The zero-order chi connectivity index (χ0) is 14.3. The SMILES string of the molecule is CCc1c(-c2ccc(F)cc2)nc2c(C)cc(Cl)nn12. The lowest BCUT2D eigenvalue weighted by atomic mass is 10.1. The molecule has 0 aliphatic carbocycles. The first-order valence-electron chi connectivity index (χ1n) is 6.41. The zero-order valence-corrected chi connectivity index (χ0v) is 11.9. The maximum Gasteiger partial charge on any atom is 0.157 e. The van der Waals surface area contributed by atoms with Gasteiger partial charge in [0, 0.05) is 5.56 Å². The van der Waals surface area contributed by atoms with Crippen LogP contribution in [0.15, 0.2) is 30.3 Å². The van der Waals surface area contributed by atoms with E-state index in [1.54, 1.807) is 22.7 Å². The molecule has 0 unspecified atom stereocenters. The van der Waals surface area contributed by atoms with Crippen LogP contribution in [-0.4, -0.2) is 14.6 Å². The molecule has 2 heterocycles. The number of benzene rings is 1. The second-order valence-electron chi connectivity index (χ2n) is 4.65. The van der Waals surface area contributed by atoms with Crippen LogP contribution in [0.5, 0.6) is 0 Å². The van der Waals surface area contributed by atoms with Crippen molar-refractivity contribution in [1.29, 1.82) is 0 Å². The number of hydrogen-bond donors (Lipinski definition) is 0. The van der Waals surface area contributed by atoms with E-state index in [-0.39, 0.29) is 5.82 Å². The first kappa shape index (κ1) is 13.1. The van der Waals surface area contributed by atoms with Crippen LogP contribution in [0.25, 0.3) is 16.9 Å². The Morgan fingerprint density at radius 2 is 1.95 bits per heavy atom. The molecule has 3 nitrogen and oxygen atoms in total. The van der Waals surface area contributed by atoms with Crippen LogP contribution < -0.4 is 0 Å². The number of rotatable bonds is 2. The van der Waals surface area contributed by atoms with Crippen LogP contribution in [-0.2, 0) is 6.42 Å². The normalized spacial score (nSPS) is 11.2. The van der Waals surface area contributed by atoms with Gasteiger partial charge in [0.1, 0.15) is 11.0 Å². The highest BCUT2D eigenvalue weighted by molar-refractivity contribution is 6.29. The van der Waals surface area contributed by atoms with E-state index < -0.39 is 0 Å². The van der Waals surface area contributed by atoms with Crippen LogP contribution in [0.2, 0.25) is 5.15 Å². The Morgan fingerprint density at radius 1 is 1.25 bits per heavy atom. The quantitative estimate of drug-likeness (QED) is 0.712. The van der Waals surface area contributed by atoms with Crippen molar-refractivity contribution in [2.45, 2.75) is 20.3 Å². The van der Waals surface area contributed by atoms with Crippen molar-refractivity contribution in [3.63, 3.8) is 0 Å². The highest BCUT2D eigenvalue weighted by atomic mass is 35.5. The van der Waals surface area contributed by atoms with E-state index in [0.29, 0.717) is 5.15 Å². The van der Waals surface area contributed by atoms with Crippen molar-refractivity contribution >= 4 is 17.2 Å². The van der Waals surface area contributed by atoms with Crippen molar-refractivity contribution in [1.82, 2.24) is 14.6 Å². The smallest absolute Gasteiger partial charge is 0.157 e. The average molecular weight is 290 g/mol. The summed E-state index contributed by atoms with van der Waals surface area (Å²) < 4.78 is 14.8. The Bertz CT molecular complexity index is 778. The minimum absolute atomic E-state index is 0.257. The predicted molar refractivity (Wildman–Crippen MR) is 77.5 cm³/mol. The fraction of sp³-hybridized carbons (Fsp3) is 0.200. The number of imidazole rings is 1. The van der Waals surface area contributed by atoms with Crippen molar-refractivity contribution in [2.24, 2.45) is 0 Å². The van der Waals surface area contributed by atoms with E-state index in [0.717, 1.165) is 34.6 Å². The molecule has 20 heavy (non-hydrogen) atoms. The molecule has 0 atom stereocenters. The summed E-state index contributed by atoms with van der Waals surface area (Å²) in [5, 5.41) is 4.75. The molecule has 2 aromatic heterocycles. The second kappa shape index (κ2) is 4.87. The number of halogens is 2. The molecule has 1 aromatic carbocycles. The molecule has 0 saturated heterocycles. The van der Waals surface area contributed by atoms with Crippen molar-refractivity contribution in [3.8, 4) is 11.3 Å². The van der Waals surface area contributed by atoms with E-state index in [1.165, 1.54) is 12.1 Å². The van der Waals surface area contributed by atoms with Gasteiger partial charge >= 0.3 is 0 Å². The molecular weight excluding hydrogens is 277 g/mol. The standard InChI is InChI=1S/C15H13ClFN3/c1-3-12-14(10-4-6-11(17)7-5-10)18-15-9(2)8-13(16)19-20(12)15/h4-8H,3H2,1-2H3. The van der Waals surface area contributed by atoms with Crippen LogP contribution in [0.1, 0.15) is 18.2 Å². The van der Waals surface area contributed by atoms with Gasteiger partial charge < -0.3 is 0 Å². The van der Waals surface area contributed by atoms with Gasteiger partial charge in [0.2, 0.25) is 0 Å². The Morgan fingerprint density at radius 3 is 2.60 bits per heavy atom. The van der Waals surface area contributed by atoms with Gasteiger partial charge in [-0.2, -0.15) is 5.10 Å². The zero-order valence-electron chi connectivity index (χ0n) is 11.2. The summed E-state index contributed by atoms with van der Waals surface area (Å²) in [5.41, 5.74) is 4.42. The summed E-state index contributed by atoms with van der Waals surface area (Å²) in [6.45, 7) is 3.98. The van der Waals surface area contributed by atoms with E-state index in [2.05, 4.69) is 10.1 Å². The molecule has 5 heteroatoms. The minimum atomic E-state index is -0.257. The molecule has 3 aromatic rings. The largest absolute Gasteiger partial charge is 0.226 e. The lowest BCUT2D eigenvalue weighted by Crippen LogP contribution is -1.99. The van der Waals surface area contributed by atoms with Crippen molar-refractivity contribution in [2.75, 3.05) is 0 Å². The van der Waals surface area contributed by atoms with E-state index in [4.69, 9.17) is 11.6 Å². The average Bonchev–Trinajstić information content (AvgIpc) is 2.78. The van der Waals surface area contributed by atoms with Crippen molar-refractivity contribution < 1.29 is 4.39 Å². The lowest BCUT2D eigenvalue weighted by molar-refractivity contribution is 0.628. The molecule has 102 valence electrons. The summed E-state index contributed by atoms with van der Waals surface area (Å²) >= 11 is 6.02. The third-order valence-electron chi connectivity index (χ3n) is 3.28. The molecule has 0 amide bonds. The summed E-state index contributed by atoms with van der Waals surface area (Å²) in [6, 6.07) is 8.12. The van der Waals surface area contributed by atoms with E-state index >= 15 is 0 Å². The Kier molecular flexibility index (Phi) is 3.18. The number of nitrogens with zero attached hydrogens (tertiary/aromatic N) is 3. The number of aryl methyl sites for hydroxylation is 2. The van der Waals surface area contributed by atoms with Crippen molar-refractivity contribution in [3.05, 3.63) is 52.6 Å². The van der Waals surface area contributed by atoms with Crippen LogP contribution in [0.4, 0.5) is 4.39 Å². The maximum absolute atomic E-state index is 13.1. The topological polar surface area (TPSA) is 30.2 Å². The third-order valence-corrected chi connectivity index (χ3v) is 3.47. The molecule has 0 aliphatic rings. The fourth-order valence-electron chi connectivity index (χ4n) is 2.33. The lowest BCUT2D eigenvalue weighted by Gasteiger charge is -2.02. The second-order valence-corrected chi connectivity index (χ2v) is 5.04. The van der Waals surface area contributed by atoms with Crippen LogP contribution >= 0.6 is 11.6 Å². The Hall–Kier alpha value is -1.94. The van der Waals surface area contributed by atoms with Crippen LogP contribution in [0, 0.1) is 12.7 Å². The number of fused-ring (bicyclic) bond motifs is 1. The van der Waals surface area contributed by atoms with E-state index in [1.807, 2.05) is 13.8 Å². The van der Waals surface area contributed by atoms with Gasteiger partial charge in [0.05, 0.1) is 11.4 Å². The third kappa shape index (κ3) is 2.06. The van der Waals surface area contributed by atoms with Gasteiger partial charge in [-0.15, -0.1) is 0 Å². The van der Waals surface area contributed by atoms with Gasteiger partial charge in [-0.05, 0) is 49.2 Å². The monoisotopic (exact) mass is 289 g/mol. The van der Waals surface area contributed by atoms with Gasteiger partial charge in [0.15, 0.2) is 5.65 Å². The Balaban J connectivity index is 2.30. The molecule has 0 saturated carbocycles. The van der Waals surface area contributed by atoms with Gasteiger partial charge in [-0.1, -0.05) is 18.5 Å². The molecule has 0 bridgehead atoms. The molecule has 0 radical (unpaired) electrons. The molecule has 0 N–H and O–H groups in total. The highest BCUT2D eigenvalue weighted by Crippen LogP contribution is 2.26. The van der Waals surface area contributed by atoms with Gasteiger partial charge in [-0.25, -0.2) is 13.9 Å². The molecule has 0 spiro atoms. The summed E-state index contributed by atoms with van der Waals surface area (Å²) in [5.74, 6) is -0.257. The van der Waals surface area contributed by atoms with Crippen LogP contribution in [0.3, 0.4) is 0 Å². The fourth-order valence-corrected chi connectivity index (χ4v) is 2.57. The Labute approximate surface area is 121 Å². The first-order valence-corrected chi connectivity index (χ1v) is 6.78. The highest BCUT2D eigenvalue weighted by Gasteiger charge is 2.15. The summed E-state index contributed by atoms with van der Waals surface area (Å²) in [4.78, 5) is 4.64. The molecule has 3 rings (SSSR count). The molecular formula is C15H13ClFN3. The summed E-state index contributed by atoms with van der Waals surface area (Å²) in [7, 11) is 0. The van der Waals surface area contributed by atoms with Gasteiger partial charge in [0.25, 0.3) is 0 Å². The first-order chi connectivity index (χ1) is 9.60. The number of hydrogen-bond acceptors (Lipinski definition) is 2. The minimum Gasteiger partial charge on any atom is -0.226 e. The molecule has 0 aliphatic heterocycles. The maximum atomic E-state index is 13.1. The van der Waals surface area contributed by atoms with Gasteiger partial charge in [-0.3, -0.25) is 0 Å². The predicted octanol–water partition coefficient (Wildman–Crippen LogP) is 4.06.